The molecule has 0 fully saturated rings. The number of amides is 1. The zero-order chi connectivity index (χ0) is 14.8. The quantitative estimate of drug-likeness (QED) is 0.918. The van der Waals surface area contributed by atoms with Crippen LogP contribution >= 0.6 is 0 Å². The molecular formula is C17H25NO2. The molecule has 2 rings (SSSR count). The number of hydrogen-bond acceptors (Lipinski definition) is 2. The Bertz CT molecular complexity index is 488. The van der Waals surface area contributed by atoms with Crippen molar-refractivity contribution < 1.29 is 9.90 Å². The maximum absolute atomic E-state index is 12.6. The molecule has 0 saturated carbocycles. The zero-order valence-electron chi connectivity index (χ0n) is 12.8. The van der Waals surface area contributed by atoms with E-state index in [0.29, 0.717) is 13.1 Å². The topological polar surface area (TPSA) is 40.5 Å². The maximum atomic E-state index is 12.6. The summed E-state index contributed by atoms with van der Waals surface area (Å²) in [5.74, 6) is 0.0167. The van der Waals surface area contributed by atoms with E-state index in [1.54, 1.807) is 18.7 Å². The summed E-state index contributed by atoms with van der Waals surface area (Å²) in [4.78, 5) is 14.3. The average molecular weight is 275 g/mol. The molecule has 1 aliphatic carbocycles. The first-order valence-corrected chi connectivity index (χ1v) is 7.54. The predicted molar refractivity (Wildman–Crippen MR) is 81.0 cm³/mol. The second kappa shape index (κ2) is 5.96. The minimum absolute atomic E-state index is 0.0167. The Morgan fingerprint density at radius 2 is 1.90 bits per heavy atom. The summed E-state index contributed by atoms with van der Waals surface area (Å²) in [6, 6.07) is 6.07. The van der Waals surface area contributed by atoms with Gasteiger partial charge in [-0.15, -0.1) is 0 Å². The van der Waals surface area contributed by atoms with E-state index in [2.05, 4.69) is 6.07 Å². The summed E-state index contributed by atoms with van der Waals surface area (Å²) in [5, 5.41) is 9.91. The first-order valence-electron chi connectivity index (χ1n) is 7.54. The van der Waals surface area contributed by atoms with Crippen LogP contribution in [0.5, 0.6) is 0 Å². The average Bonchev–Trinajstić information content (AvgIpc) is 2.42. The van der Waals surface area contributed by atoms with E-state index >= 15 is 0 Å². The van der Waals surface area contributed by atoms with Gasteiger partial charge in [0, 0.05) is 18.7 Å². The van der Waals surface area contributed by atoms with E-state index in [9.17, 15) is 9.90 Å². The summed E-state index contributed by atoms with van der Waals surface area (Å²) >= 11 is 0. The third-order valence-corrected chi connectivity index (χ3v) is 3.84. The van der Waals surface area contributed by atoms with Crippen molar-refractivity contribution in [1.82, 2.24) is 4.90 Å². The van der Waals surface area contributed by atoms with Gasteiger partial charge >= 0.3 is 0 Å². The van der Waals surface area contributed by atoms with Crippen molar-refractivity contribution in [2.75, 3.05) is 13.1 Å². The molecule has 0 heterocycles. The van der Waals surface area contributed by atoms with Crippen LogP contribution < -0.4 is 0 Å². The lowest BCUT2D eigenvalue weighted by atomic mass is 9.90. The fraction of sp³-hybridized carbons (Fsp3) is 0.588. The molecular weight excluding hydrogens is 250 g/mol. The number of carbonyl (C=O) groups is 1. The molecule has 0 atom stereocenters. The number of likely N-dealkylation sites (N-methyl/N-ethyl adjacent to an activating group) is 1. The molecule has 1 aromatic carbocycles. The molecule has 1 aromatic rings. The van der Waals surface area contributed by atoms with E-state index < -0.39 is 5.60 Å². The Morgan fingerprint density at radius 3 is 2.50 bits per heavy atom. The standard InChI is InChI=1S/C17H25NO2/c1-4-18(12-17(2,3)20)16(19)15-10-9-13-7-5-6-8-14(13)11-15/h9-11,20H,4-8,12H2,1-3H3. The van der Waals surface area contributed by atoms with Gasteiger partial charge in [0.15, 0.2) is 0 Å². The maximum Gasteiger partial charge on any atom is 0.253 e. The van der Waals surface area contributed by atoms with E-state index in [-0.39, 0.29) is 5.91 Å². The summed E-state index contributed by atoms with van der Waals surface area (Å²) in [6.07, 6.45) is 4.67. The number of nitrogens with zero attached hydrogens (tertiary/aromatic N) is 1. The molecule has 1 aliphatic rings. The number of fused-ring (bicyclic) bond motifs is 1. The molecule has 110 valence electrons. The Kier molecular flexibility index (Phi) is 4.48. The van der Waals surface area contributed by atoms with Crippen LogP contribution in [-0.4, -0.2) is 34.6 Å². The molecule has 3 heteroatoms. The fourth-order valence-corrected chi connectivity index (χ4v) is 2.84. The highest BCUT2D eigenvalue weighted by atomic mass is 16.3. The van der Waals surface area contributed by atoms with Crippen molar-refractivity contribution >= 4 is 5.91 Å². The van der Waals surface area contributed by atoms with Crippen LogP contribution in [0.4, 0.5) is 0 Å². The number of carbonyl (C=O) groups excluding carboxylic acids is 1. The van der Waals surface area contributed by atoms with Crippen molar-refractivity contribution in [3.8, 4) is 0 Å². The highest BCUT2D eigenvalue weighted by Gasteiger charge is 2.23. The number of aryl methyl sites for hydroxylation is 2. The van der Waals surface area contributed by atoms with Crippen LogP contribution in [0.25, 0.3) is 0 Å². The molecule has 3 nitrogen and oxygen atoms in total. The Morgan fingerprint density at radius 1 is 1.25 bits per heavy atom. The fourth-order valence-electron chi connectivity index (χ4n) is 2.84. The van der Waals surface area contributed by atoms with E-state index in [1.165, 1.54) is 24.0 Å². The Balaban J connectivity index is 2.19. The van der Waals surface area contributed by atoms with E-state index in [0.717, 1.165) is 18.4 Å². The number of benzene rings is 1. The lowest BCUT2D eigenvalue weighted by Crippen LogP contribution is -2.42. The van der Waals surface area contributed by atoms with Crippen molar-refractivity contribution in [1.29, 1.82) is 0 Å². The van der Waals surface area contributed by atoms with Gasteiger partial charge < -0.3 is 10.0 Å². The minimum atomic E-state index is -0.861. The normalized spacial score (nSPS) is 14.8. The molecule has 0 spiro atoms. The molecule has 0 unspecified atom stereocenters. The summed E-state index contributed by atoms with van der Waals surface area (Å²) in [7, 11) is 0. The van der Waals surface area contributed by atoms with Crippen LogP contribution in [0.3, 0.4) is 0 Å². The van der Waals surface area contributed by atoms with Crippen molar-refractivity contribution in [2.24, 2.45) is 0 Å². The second-order valence-corrected chi connectivity index (χ2v) is 6.32. The zero-order valence-corrected chi connectivity index (χ0v) is 12.8. The van der Waals surface area contributed by atoms with Crippen LogP contribution in [0, 0.1) is 0 Å². The van der Waals surface area contributed by atoms with Gasteiger partial charge in [-0.3, -0.25) is 4.79 Å². The van der Waals surface area contributed by atoms with E-state index in [4.69, 9.17) is 0 Å². The predicted octanol–water partition coefficient (Wildman–Crippen LogP) is 2.80. The van der Waals surface area contributed by atoms with Gasteiger partial charge in [-0.25, -0.2) is 0 Å². The van der Waals surface area contributed by atoms with Crippen LogP contribution in [0.2, 0.25) is 0 Å². The molecule has 1 N–H and O–H groups in total. The van der Waals surface area contributed by atoms with Gasteiger partial charge in [0.2, 0.25) is 0 Å². The second-order valence-electron chi connectivity index (χ2n) is 6.32. The van der Waals surface area contributed by atoms with Gasteiger partial charge in [-0.1, -0.05) is 6.07 Å². The molecule has 0 aromatic heterocycles. The van der Waals surface area contributed by atoms with Crippen molar-refractivity contribution in [3.05, 3.63) is 34.9 Å². The number of hydrogen-bond donors (Lipinski definition) is 1. The van der Waals surface area contributed by atoms with E-state index in [1.807, 2.05) is 19.1 Å². The number of aliphatic hydroxyl groups is 1. The molecule has 0 radical (unpaired) electrons. The molecule has 20 heavy (non-hydrogen) atoms. The summed E-state index contributed by atoms with van der Waals surface area (Å²) in [5.41, 5.74) is 2.59. The first-order chi connectivity index (χ1) is 9.40. The van der Waals surface area contributed by atoms with Gasteiger partial charge in [0.25, 0.3) is 5.91 Å². The van der Waals surface area contributed by atoms with Crippen molar-refractivity contribution in [3.63, 3.8) is 0 Å². The lowest BCUT2D eigenvalue weighted by Gasteiger charge is -2.28. The van der Waals surface area contributed by atoms with Crippen LogP contribution in [0.15, 0.2) is 18.2 Å². The molecule has 0 saturated heterocycles. The monoisotopic (exact) mass is 275 g/mol. The Hall–Kier alpha value is -1.35. The third-order valence-electron chi connectivity index (χ3n) is 3.84. The summed E-state index contributed by atoms with van der Waals surface area (Å²) < 4.78 is 0. The highest BCUT2D eigenvalue weighted by molar-refractivity contribution is 5.94. The van der Waals surface area contributed by atoms with Gasteiger partial charge in [-0.05, 0) is 69.7 Å². The Labute approximate surface area is 121 Å². The summed E-state index contributed by atoms with van der Waals surface area (Å²) in [6.45, 7) is 6.38. The van der Waals surface area contributed by atoms with Crippen LogP contribution in [-0.2, 0) is 12.8 Å². The van der Waals surface area contributed by atoms with Gasteiger partial charge in [-0.2, -0.15) is 0 Å². The number of rotatable bonds is 4. The van der Waals surface area contributed by atoms with Gasteiger partial charge in [0.05, 0.1) is 5.60 Å². The molecule has 0 aliphatic heterocycles. The third kappa shape index (κ3) is 3.60. The first kappa shape index (κ1) is 15.0. The lowest BCUT2D eigenvalue weighted by molar-refractivity contribution is 0.0314. The smallest absolute Gasteiger partial charge is 0.253 e. The van der Waals surface area contributed by atoms with Gasteiger partial charge in [0.1, 0.15) is 0 Å². The minimum Gasteiger partial charge on any atom is -0.389 e. The van der Waals surface area contributed by atoms with Crippen molar-refractivity contribution in [2.45, 2.75) is 52.1 Å². The molecule has 1 amide bonds. The molecule has 0 bridgehead atoms. The highest BCUT2D eigenvalue weighted by Crippen LogP contribution is 2.23. The SMILES string of the molecule is CCN(CC(C)(C)O)C(=O)c1ccc2c(c1)CCCC2. The van der Waals surface area contributed by atoms with Crippen LogP contribution in [0.1, 0.15) is 55.1 Å². The largest absolute Gasteiger partial charge is 0.389 e.